The summed E-state index contributed by atoms with van der Waals surface area (Å²) in [5.41, 5.74) is 0. The van der Waals surface area contributed by atoms with Crippen LogP contribution < -0.4 is 5.32 Å². The molecule has 0 amide bonds. The Balaban J connectivity index is 1.74. The zero-order valence-corrected chi connectivity index (χ0v) is 6.40. The summed E-state index contributed by atoms with van der Waals surface area (Å²) < 4.78 is 1.89. The molecule has 4 nitrogen and oxygen atoms in total. The Hall–Kier alpha value is -0.900. The highest BCUT2D eigenvalue weighted by molar-refractivity contribution is 4.74. The van der Waals surface area contributed by atoms with Crippen LogP contribution in [-0.2, 0) is 6.54 Å². The van der Waals surface area contributed by atoms with Crippen molar-refractivity contribution in [2.75, 3.05) is 13.1 Å². The number of rotatable bonds is 3. The van der Waals surface area contributed by atoms with Gasteiger partial charge in [0, 0.05) is 12.7 Å². The number of aromatic nitrogens is 3. The first-order chi connectivity index (χ1) is 5.45. The molecule has 0 bridgehead atoms. The number of nitrogens with zero attached hydrogens (tertiary/aromatic N) is 3. The monoisotopic (exact) mass is 152 g/mol. The van der Waals surface area contributed by atoms with E-state index in [2.05, 4.69) is 15.6 Å². The maximum Gasteiger partial charge on any atom is 0.0692 e. The molecule has 0 atom stereocenters. The molecular weight excluding hydrogens is 140 g/mol. The SMILES string of the molecule is c1cn(CCC2CNC2)nn1. The first-order valence-electron chi connectivity index (χ1n) is 4.00. The molecule has 11 heavy (non-hydrogen) atoms. The molecule has 1 aliphatic heterocycles. The van der Waals surface area contributed by atoms with E-state index in [4.69, 9.17) is 0 Å². The Bertz CT molecular complexity index is 202. The predicted octanol–water partition coefficient (Wildman–Crippen LogP) is -0.112. The van der Waals surface area contributed by atoms with Crippen molar-refractivity contribution in [2.24, 2.45) is 5.92 Å². The molecule has 1 fully saturated rings. The van der Waals surface area contributed by atoms with Gasteiger partial charge in [-0.2, -0.15) is 0 Å². The number of hydrogen-bond acceptors (Lipinski definition) is 3. The molecule has 0 aliphatic carbocycles. The maximum absolute atomic E-state index is 3.89. The summed E-state index contributed by atoms with van der Waals surface area (Å²) in [6.45, 7) is 3.36. The number of aryl methyl sites for hydroxylation is 1. The summed E-state index contributed by atoms with van der Waals surface area (Å²) in [6.07, 6.45) is 4.85. The topological polar surface area (TPSA) is 42.7 Å². The number of hydrogen-bond donors (Lipinski definition) is 1. The van der Waals surface area contributed by atoms with Gasteiger partial charge in [-0.05, 0) is 25.4 Å². The second kappa shape index (κ2) is 3.00. The second-order valence-electron chi connectivity index (χ2n) is 2.98. The van der Waals surface area contributed by atoms with E-state index in [0.717, 1.165) is 12.5 Å². The van der Waals surface area contributed by atoms with E-state index < -0.39 is 0 Å². The van der Waals surface area contributed by atoms with E-state index in [1.165, 1.54) is 19.5 Å². The van der Waals surface area contributed by atoms with Crippen molar-refractivity contribution >= 4 is 0 Å². The van der Waals surface area contributed by atoms with Gasteiger partial charge in [0.25, 0.3) is 0 Å². The lowest BCUT2D eigenvalue weighted by Gasteiger charge is -2.26. The highest BCUT2D eigenvalue weighted by Gasteiger charge is 2.15. The zero-order chi connectivity index (χ0) is 7.52. The van der Waals surface area contributed by atoms with Crippen LogP contribution in [0.4, 0.5) is 0 Å². The Kier molecular flexibility index (Phi) is 1.85. The quantitative estimate of drug-likeness (QED) is 0.657. The van der Waals surface area contributed by atoms with Crippen LogP contribution in [0.2, 0.25) is 0 Å². The molecule has 2 heterocycles. The fourth-order valence-electron chi connectivity index (χ4n) is 1.22. The molecule has 1 N–H and O–H groups in total. The second-order valence-corrected chi connectivity index (χ2v) is 2.98. The fourth-order valence-corrected chi connectivity index (χ4v) is 1.22. The van der Waals surface area contributed by atoms with E-state index in [1.54, 1.807) is 6.20 Å². The Labute approximate surface area is 65.6 Å². The van der Waals surface area contributed by atoms with Gasteiger partial charge in [0.15, 0.2) is 0 Å². The first-order valence-corrected chi connectivity index (χ1v) is 4.00. The number of nitrogens with one attached hydrogen (secondary N) is 1. The Morgan fingerprint density at radius 2 is 2.45 bits per heavy atom. The summed E-state index contributed by atoms with van der Waals surface area (Å²) in [4.78, 5) is 0. The third-order valence-corrected chi connectivity index (χ3v) is 2.10. The van der Waals surface area contributed by atoms with Gasteiger partial charge in [-0.3, -0.25) is 4.68 Å². The molecule has 0 radical (unpaired) electrons. The summed E-state index contributed by atoms with van der Waals surface area (Å²) in [6, 6.07) is 0. The van der Waals surface area contributed by atoms with Gasteiger partial charge < -0.3 is 5.32 Å². The molecule has 1 aromatic heterocycles. The van der Waals surface area contributed by atoms with E-state index >= 15 is 0 Å². The summed E-state index contributed by atoms with van der Waals surface area (Å²) in [7, 11) is 0. The predicted molar refractivity (Wildman–Crippen MR) is 41.0 cm³/mol. The van der Waals surface area contributed by atoms with Gasteiger partial charge in [-0.25, -0.2) is 0 Å². The van der Waals surface area contributed by atoms with Gasteiger partial charge >= 0.3 is 0 Å². The molecule has 2 rings (SSSR count). The lowest BCUT2D eigenvalue weighted by Crippen LogP contribution is -2.42. The highest BCUT2D eigenvalue weighted by Crippen LogP contribution is 2.08. The average molecular weight is 152 g/mol. The lowest BCUT2D eigenvalue weighted by molar-refractivity contribution is 0.305. The van der Waals surface area contributed by atoms with Gasteiger partial charge in [0.1, 0.15) is 0 Å². The van der Waals surface area contributed by atoms with E-state index in [0.29, 0.717) is 0 Å². The Morgan fingerprint density at radius 3 is 3.00 bits per heavy atom. The smallest absolute Gasteiger partial charge is 0.0692 e. The fraction of sp³-hybridized carbons (Fsp3) is 0.714. The molecule has 1 aromatic rings. The summed E-state index contributed by atoms with van der Waals surface area (Å²) in [5.74, 6) is 0.860. The van der Waals surface area contributed by atoms with E-state index in [9.17, 15) is 0 Å². The molecule has 0 saturated carbocycles. The van der Waals surface area contributed by atoms with Gasteiger partial charge in [-0.15, -0.1) is 5.10 Å². The minimum atomic E-state index is 0.860. The normalized spacial score (nSPS) is 18.2. The summed E-state index contributed by atoms with van der Waals surface area (Å²) in [5, 5.41) is 10.9. The zero-order valence-electron chi connectivity index (χ0n) is 6.40. The molecular formula is C7H12N4. The first kappa shape index (κ1) is 6.79. The minimum absolute atomic E-state index is 0.860. The van der Waals surface area contributed by atoms with Crippen LogP contribution in [0.15, 0.2) is 12.4 Å². The minimum Gasteiger partial charge on any atom is -0.316 e. The van der Waals surface area contributed by atoms with Crippen molar-refractivity contribution in [3.8, 4) is 0 Å². The van der Waals surface area contributed by atoms with Gasteiger partial charge in [-0.1, -0.05) is 5.21 Å². The molecule has 0 unspecified atom stereocenters. The average Bonchev–Trinajstić information content (AvgIpc) is 2.36. The van der Waals surface area contributed by atoms with Crippen LogP contribution in [0.25, 0.3) is 0 Å². The molecule has 1 saturated heterocycles. The summed E-state index contributed by atoms with van der Waals surface area (Å²) >= 11 is 0. The van der Waals surface area contributed by atoms with Crippen molar-refractivity contribution in [3.63, 3.8) is 0 Å². The van der Waals surface area contributed by atoms with Crippen LogP contribution in [0.5, 0.6) is 0 Å². The van der Waals surface area contributed by atoms with Crippen molar-refractivity contribution in [3.05, 3.63) is 12.4 Å². The van der Waals surface area contributed by atoms with E-state index in [-0.39, 0.29) is 0 Å². The van der Waals surface area contributed by atoms with Crippen molar-refractivity contribution < 1.29 is 0 Å². The van der Waals surface area contributed by atoms with Crippen molar-refractivity contribution in [2.45, 2.75) is 13.0 Å². The molecule has 60 valence electrons. The van der Waals surface area contributed by atoms with Crippen molar-refractivity contribution in [1.29, 1.82) is 0 Å². The third kappa shape index (κ3) is 1.57. The van der Waals surface area contributed by atoms with Crippen molar-refractivity contribution in [1.82, 2.24) is 20.3 Å². The molecule has 1 aliphatic rings. The van der Waals surface area contributed by atoms with Crippen LogP contribution in [0.1, 0.15) is 6.42 Å². The van der Waals surface area contributed by atoms with E-state index in [1.807, 2.05) is 10.9 Å². The molecule has 4 heteroatoms. The van der Waals surface area contributed by atoms with Gasteiger partial charge in [0.2, 0.25) is 0 Å². The maximum atomic E-state index is 3.89. The van der Waals surface area contributed by atoms with Crippen LogP contribution >= 0.6 is 0 Å². The van der Waals surface area contributed by atoms with Crippen LogP contribution in [-0.4, -0.2) is 28.1 Å². The molecule has 0 aromatic carbocycles. The highest BCUT2D eigenvalue weighted by atomic mass is 15.4. The standard InChI is InChI=1S/C7H12N4/c1(7-5-8-6-7)3-11-4-2-9-10-11/h2,4,7-8H,1,3,5-6H2. The lowest BCUT2D eigenvalue weighted by atomic mass is 10.00. The third-order valence-electron chi connectivity index (χ3n) is 2.10. The van der Waals surface area contributed by atoms with Crippen LogP contribution in [0.3, 0.4) is 0 Å². The largest absolute Gasteiger partial charge is 0.316 e. The Morgan fingerprint density at radius 1 is 1.55 bits per heavy atom. The van der Waals surface area contributed by atoms with Crippen LogP contribution in [0, 0.1) is 5.92 Å². The molecule has 0 spiro atoms. The van der Waals surface area contributed by atoms with Gasteiger partial charge in [0.05, 0.1) is 6.20 Å².